The predicted octanol–water partition coefficient (Wildman–Crippen LogP) is 2.81. The van der Waals surface area contributed by atoms with E-state index >= 15 is 0 Å². The van der Waals surface area contributed by atoms with Crippen molar-refractivity contribution in [1.29, 1.82) is 0 Å². The summed E-state index contributed by atoms with van der Waals surface area (Å²) >= 11 is 0. The molecule has 1 aromatic heterocycles. The second-order valence-corrected chi connectivity index (χ2v) is 8.74. The fraction of sp³-hybridized carbons (Fsp3) is 0.423. The molecule has 0 atom stereocenters. The summed E-state index contributed by atoms with van der Waals surface area (Å²) in [5.74, 6) is 0.0427. The minimum Gasteiger partial charge on any atom is -0.369 e. The van der Waals surface area contributed by atoms with Crippen LogP contribution in [0.3, 0.4) is 0 Å². The van der Waals surface area contributed by atoms with Crippen LogP contribution < -0.4 is 15.8 Å². The summed E-state index contributed by atoms with van der Waals surface area (Å²) in [6, 6.07) is 16.0. The van der Waals surface area contributed by atoms with Gasteiger partial charge in [-0.05, 0) is 56.1 Å². The maximum atomic E-state index is 12.5. The van der Waals surface area contributed by atoms with Crippen LogP contribution in [-0.2, 0) is 11.3 Å². The number of rotatable bonds is 9. The monoisotopic (exact) mass is 447 g/mol. The first-order chi connectivity index (χ1) is 16.1. The highest BCUT2D eigenvalue weighted by atomic mass is 16.1. The van der Waals surface area contributed by atoms with Crippen molar-refractivity contribution in [3.8, 4) is 0 Å². The molecule has 1 fully saturated rings. The minimum atomic E-state index is -0.0523. The number of carbonyl (C=O) groups excluding carboxylic acids is 1. The molecule has 4 rings (SSSR count). The number of hydrogen-bond acceptors (Lipinski definition) is 5. The maximum absolute atomic E-state index is 12.5. The van der Waals surface area contributed by atoms with E-state index in [1.165, 1.54) is 11.3 Å². The third-order valence-corrected chi connectivity index (χ3v) is 6.25. The molecule has 2 heterocycles. The summed E-state index contributed by atoms with van der Waals surface area (Å²) in [4.78, 5) is 33.9. The van der Waals surface area contributed by atoms with E-state index in [2.05, 4.69) is 51.3 Å². The average molecular weight is 448 g/mol. The summed E-state index contributed by atoms with van der Waals surface area (Å²) in [5, 5.41) is 3.63. The molecule has 1 N–H and O–H groups in total. The highest BCUT2D eigenvalue weighted by molar-refractivity contribution is 5.77. The highest BCUT2D eigenvalue weighted by Gasteiger charge is 2.16. The summed E-state index contributed by atoms with van der Waals surface area (Å²) in [7, 11) is 0. The number of amides is 1. The molecule has 0 radical (unpaired) electrons. The van der Waals surface area contributed by atoms with Gasteiger partial charge in [-0.1, -0.05) is 24.3 Å². The van der Waals surface area contributed by atoms with Crippen molar-refractivity contribution in [3.63, 3.8) is 0 Å². The summed E-state index contributed by atoms with van der Waals surface area (Å²) in [6.45, 7) is 8.50. The molecule has 0 spiro atoms. The van der Waals surface area contributed by atoms with E-state index in [0.29, 0.717) is 36.8 Å². The number of aryl methyl sites for hydroxylation is 2. The number of fused-ring (bicyclic) bond motifs is 1. The zero-order valence-electron chi connectivity index (χ0n) is 19.4. The van der Waals surface area contributed by atoms with Crippen LogP contribution in [0.15, 0.2) is 59.7 Å². The van der Waals surface area contributed by atoms with Crippen LogP contribution in [0.5, 0.6) is 0 Å². The first-order valence-corrected chi connectivity index (χ1v) is 11.8. The molecular weight excluding hydrogens is 414 g/mol. The van der Waals surface area contributed by atoms with Crippen molar-refractivity contribution in [1.82, 2.24) is 19.8 Å². The van der Waals surface area contributed by atoms with E-state index in [1.807, 2.05) is 18.2 Å². The van der Waals surface area contributed by atoms with Gasteiger partial charge < -0.3 is 10.2 Å². The highest BCUT2D eigenvalue weighted by Crippen LogP contribution is 2.17. The lowest BCUT2D eigenvalue weighted by molar-refractivity contribution is -0.121. The molecule has 174 valence electrons. The smallest absolute Gasteiger partial charge is 0.261 e. The van der Waals surface area contributed by atoms with Crippen molar-refractivity contribution >= 4 is 22.5 Å². The Labute approximate surface area is 195 Å². The lowest BCUT2D eigenvalue weighted by Gasteiger charge is -2.36. The number of anilines is 1. The number of carbonyl (C=O) groups is 1. The first-order valence-electron chi connectivity index (χ1n) is 11.8. The van der Waals surface area contributed by atoms with E-state index in [1.54, 1.807) is 17.0 Å². The molecule has 1 aliphatic rings. The van der Waals surface area contributed by atoms with Gasteiger partial charge in [0.15, 0.2) is 0 Å². The number of hydrogen-bond donors (Lipinski definition) is 1. The van der Waals surface area contributed by atoms with Crippen LogP contribution in [0, 0.1) is 6.92 Å². The largest absolute Gasteiger partial charge is 0.369 e. The molecule has 0 unspecified atom stereocenters. The van der Waals surface area contributed by atoms with E-state index < -0.39 is 0 Å². The number of nitrogens with one attached hydrogen (secondary N) is 1. The molecule has 1 saturated heterocycles. The van der Waals surface area contributed by atoms with Gasteiger partial charge in [-0.15, -0.1) is 0 Å². The van der Waals surface area contributed by atoms with Crippen molar-refractivity contribution < 1.29 is 4.79 Å². The Morgan fingerprint density at radius 3 is 2.64 bits per heavy atom. The van der Waals surface area contributed by atoms with Crippen molar-refractivity contribution in [3.05, 3.63) is 70.8 Å². The fourth-order valence-electron chi connectivity index (χ4n) is 4.35. The second kappa shape index (κ2) is 11.1. The topological polar surface area (TPSA) is 70.5 Å². The number of para-hydroxylation sites is 1. The average Bonchev–Trinajstić information content (AvgIpc) is 2.84. The van der Waals surface area contributed by atoms with E-state index in [0.717, 1.165) is 39.1 Å². The van der Waals surface area contributed by atoms with Crippen LogP contribution >= 0.6 is 0 Å². The van der Waals surface area contributed by atoms with Gasteiger partial charge in [-0.2, -0.15) is 0 Å². The normalized spacial score (nSPS) is 14.5. The molecule has 1 aliphatic heterocycles. The molecular formula is C26H33N5O2. The van der Waals surface area contributed by atoms with Crippen LogP contribution in [-0.4, -0.2) is 59.6 Å². The van der Waals surface area contributed by atoms with Crippen molar-refractivity contribution in [2.75, 3.05) is 44.2 Å². The standard InChI is InChI=1S/C26H33N5O2/c1-21-7-4-8-22(19-21)30-17-15-29(16-18-30)13-6-12-27-25(32)11-5-14-31-20-28-24-10-3-2-9-23(24)26(31)33/h2-4,7-10,19-20H,5-6,11-18H2,1H3,(H,27,32). The Morgan fingerprint density at radius 2 is 1.82 bits per heavy atom. The number of benzene rings is 2. The summed E-state index contributed by atoms with van der Waals surface area (Å²) in [6.07, 6.45) is 3.55. The number of aromatic nitrogens is 2. The molecule has 7 nitrogen and oxygen atoms in total. The number of piperazine rings is 1. The third kappa shape index (κ3) is 6.20. The summed E-state index contributed by atoms with van der Waals surface area (Å²) in [5.41, 5.74) is 3.26. The summed E-state index contributed by atoms with van der Waals surface area (Å²) < 4.78 is 1.59. The van der Waals surface area contributed by atoms with Crippen molar-refractivity contribution in [2.45, 2.75) is 32.7 Å². The Balaban J connectivity index is 1.11. The van der Waals surface area contributed by atoms with Gasteiger partial charge in [0.2, 0.25) is 5.91 Å². The van der Waals surface area contributed by atoms with Gasteiger partial charge in [0, 0.05) is 51.4 Å². The van der Waals surface area contributed by atoms with E-state index in [4.69, 9.17) is 0 Å². The Hall–Kier alpha value is -3.19. The van der Waals surface area contributed by atoms with Gasteiger partial charge in [0.1, 0.15) is 0 Å². The number of nitrogens with zero attached hydrogens (tertiary/aromatic N) is 4. The zero-order valence-corrected chi connectivity index (χ0v) is 19.4. The SMILES string of the molecule is Cc1cccc(N2CCN(CCCNC(=O)CCCn3cnc4ccccc4c3=O)CC2)c1. The molecule has 0 bridgehead atoms. The Bertz CT molecular complexity index is 1130. The quantitative estimate of drug-likeness (QED) is 0.511. The fourth-order valence-corrected chi connectivity index (χ4v) is 4.35. The van der Waals surface area contributed by atoms with Crippen LogP contribution in [0.1, 0.15) is 24.8 Å². The van der Waals surface area contributed by atoms with Crippen LogP contribution in [0.4, 0.5) is 5.69 Å². The molecule has 33 heavy (non-hydrogen) atoms. The Kier molecular flexibility index (Phi) is 7.73. The molecule has 1 amide bonds. The molecule has 0 saturated carbocycles. The zero-order chi connectivity index (χ0) is 23.0. The van der Waals surface area contributed by atoms with Gasteiger partial charge in [0.05, 0.1) is 17.2 Å². The molecule has 3 aromatic rings. The van der Waals surface area contributed by atoms with Gasteiger partial charge in [-0.25, -0.2) is 4.98 Å². The second-order valence-electron chi connectivity index (χ2n) is 8.74. The first kappa shape index (κ1) is 23.0. The maximum Gasteiger partial charge on any atom is 0.261 e. The van der Waals surface area contributed by atoms with Gasteiger partial charge >= 0.3 is 0 Å². The molecule has 0 aliphatic carbocycles. The lowest BCUT2D eigenvalue weighted by atomic mass is 10.2. The minimum absolute atomic E-state index is 0.0427. The van der Waals surface area contributed by atoms with Gasteiger partial charge in [-0.3, -0.25) is 19.1 Å². The van der Waals surface area contributed by atoms with Crippen LogP contribution in [0.2, 0.25) is 0 Å². The lowest BCUT2D eigenvalue weighted by Crippen LogP contribution is -2.47. The van der Waals surface area contributed by atoms with Crippen LogP contribution in [0.25, 0.3) is 10.9 Å². The Morgan fingerprint density at radius 1 is 1.00 bits per heavy atom. The molecule has 7 heteroatoms. The van der Waals surface area contributed by atoms with Gasteiger partial charge in [0.25, 0.3) is 5.56 Å². The molecule has 2 aromatic carbocycles. The van der Waals surface area contributed by atoms with E-state index in [-0.39, 0.29) is 11.5 Å². The van der Waals surface area contributed by atoms with E-state index in [9.17, 15) is 9.59 Å². The third-order valence-electron chi connectivity index (χ3n) is 6.25. The predicted molar refractivity (Wildman–Crippen MR) is 133 cm³/mol. The van der Waals surface area contributed by atoms with Crippen molar-refractivity contribution in [2.24, 2.45) is 0 Å².